The number of halogens is 1. The predicted octanol–water partition coefficient (Wildman–Crippen LogP) is 2.38. The van der Waals surface area contributed by atoms with Crippen molar-refractivity contribution in [2.75, 3.05) is 0 Å². The largest absolute Gasteiger partial charge is 0.459 e. The second-order valence-corrected chi connectivity index (χ2v) is 4.21. The lowest BCUT2D eigenvalue weighted by Gasteiger charge is -2.12. The summed E-state index contributed by atoms with van der Waals surface area (Å²) in [7, 11) is 0. The van der Waals surface area contributed by atoms with Gasteiger partial charge in [0.15, 0.2) is 0 Å². The van der Waals surface area contributed by atoms with Gasteiger partial charge >= 0.3 is 0 Å². The highest BCUT2D eigenvalue weighted by molar-refractivity contribution is 5.85. The maximum atomic E-state index is 11.5. The van der Waals surface area contributed by atoms with Crippen molar-refractivity contribution in [3.05, 3.63) is 36.1 Å². The minimum absolute atomic E-state index is 0. The second kappa shape index (κ2) is 5.89. The van der Waals surface area contributed by atoms with Crippen LogP contribution in [-0.4, -0.2) is 11.9 Å². The summed E-state index contributed by atoms with van der Waals surface area (Å²) in [6.45, 7) is 3.53. The van der Waals surface area contributed by atoms with Gasteiger partial charge in [0.1, 0.15) is 11.3 Å². The summed E-state index contributed by atoms with van der Waals surface area (Å²) in [5.74, 6) is 0.554. The number of carbonyl (C=O) groups is 1. The molecule has 0 aliphatic rings. The lowest BCUT2D eigenvalue weighted by molar-refractivity contribution is -0.122. The molecule has 1 heterocycles. The van der Waals surface area contributed by atoms with E-state index in [-0.39, 0.29) is 24.4 Å². The lowest BCUT2D eigenvalue weighted by Crippen LogP contribution is -2.39. The summed E-state index contributed by atoms with van der Waals surface area (Å²) in [6, 6.07) is 8.99. The number of amides is 1. The van der Waals surface area contributed by atoms with E-state index in [9.17, 15) is 4.79 Å². The van der Waals surface area contributed by atoms with Gasteiger partial charge in [0.2, 0.25) is 5.91 Å². The van der Waals surface area contributed by atoms with E-state index in [2.05, 4.69) is 5.32 Å². The summed E-state index contributed by atoms with van der Waals surface area (Å²) in [5, 5.41) is 3.83. The molecule has 0 spiro atoms. The Morgan fingerprint density at radius 2 is 2.00 bits per heavy atom. The predicted molar refractivity (Wildman–Crippen MR) is 73.7 cm³/mol. The summed E-state index contributed by atoms with van der Waals surface area (Å²) in [4.78, 5) is 11.5. The molecule has 18 heavy (non-hydrogen) atoms. The van der Waals surface area contributed by atoms with Gasteiger partial charge in [-0.25, -0.2) is 0 Å². The number of benzene rings is 1. The van der Waals surface area contributed by atoms with Crippen LogP contribution in [0.3, 0.4) is 0 Å². The molecule has 0 fully saturated rings. The van der Waals surface area contributed by atoms with Crippen LogP contribution in [0.1, 0.15) is 25.6 Å². The molecule has 98 valence electrons. The molecule has 5 heteroatoms. The Morgan fingerprint density at radius 1 is 1.33 bits per heavy atom. The molecule has 3 N–H and O–H groups in total. The van der Waals surface area contributed by atoms with E-state index < -0.39 is 6.04 Å². The number of furan rings is 1. The van der Waals surface area contributed by atoms with E-state index in [1.54, 1.807) is 6.92 Å². The minimum Gasteiger partial charge on any atom is -0.459 e. The van der Waals surface area contributed by atoms with Crippen LogP contribution < -0.4 is 11.1 Å². The number of nitrogens with two attached hydrogens (primary N) is 1. The van der Waals surface area contributed by atoms with Crippen LogP contribution in [0.25, 0.3) is 11.0 Å². The topological polar surface area (TPSA) is 68.3 Å². The first-order chi connectivity index (χ1) is 8.08. The first kappa shape index (κ1) is 14.5. The molecule has 0 aliphatic carbocycles. The number of para-hydroxylation sites is 1. The number of carbonyl (C=O) groups excluding carboxylic acids is 1. The van der Waals surface area contributed by atoms with E-state index >= 15 is 0 Å². The van der Waals surface area contributed by atoms with Crippen LogP contribution in [0.15, 0.2) is 34.7 Å². The van der Waals surface area contributed by atoms with Gasteiger partial charge in [0.25, 0.3) is 0 Å². The van der Waals surface area contributed by atoms with Gasteiger partial charge in [-0.05, 0) is 26.0 Å². The quantitative estimate of drug-likeness (QED) is 0.898. The van der Waals surface area contributed by atoms with Crippen LogP contribution in [0.4, 0.5) is 0 Å². The van der Waals surface area contributed by atoms with Crippen molar-refractivity contribution < 1.29 is 9.21 Å². The summed E-state index contributed by atoms with van der Waals surface area (Å²) >= 11 is 0. The molecule has 1 aromatic heterocycles. The number of nitrogens with one attached hydrogen (secondary N) is 1. The van der Waals surface area contributed by atoms with Crippen molar-refractivity contribution in [3.8, 4) is 0 Å². The van der Waals surface area contributed by atoms with E-state index in [1.165, 1.54) is 0 Å². The van der Waals surface area contributed by atoms with Crippen LogP contribution in [0, 0.1) is 0 Å². The average Bonchev–Trinajstić information content (AvgIpc) is 2.72. The third kappa shape index (κ3) is 3.03. The number of hydrogen-bond donors (Lipinski definition) is 2. The Bertz CT molecular complexity index is 504. The molecule has 1 amide bonds. The molecule has 1 aromatic carbocycles. The fourth-order valence-electron chi connectivity index (χ4n) is 1.63. The maximum absolute atomic E-state index is 11.5. The summed E-state index contributed by atoms with van der Waals surface area (Å²) < 4.78 is 5.65. The van der Waals surface area contributed by atoms with Crippen LogP contribution in [0.2, 0.25) is 0 Å². The lowest BCUT2D eigenvalue weighted by atomic mass is 10.2. The van der Waals surface area contributed by atoms with Gasteiger partial charge in [-0.2, -0.15) is 0 Å². The van der Waals surface area contributed by atoms with Crippen molar-refractivity contribution in [1.82, 2.24) is 5.32 Å². The van der Waals surface area contributed by atoms with E-state index in [1.807, 2.05) is 37.3 Å². The number of fused-ring (bicyclic) bond motifs is 1. The fourth-order valence-corrected chi connectivity index (χ4v) is 1.63. The summed E-state index contributed by atoms with van der Waals surface area (Å²) in [6.07, 6.45) is 0. The van der Waals surface area contributed by atoms with Gasteiger partial charge in [-0.15, -0.1) is 12.4 Å². The summed E-state index contributed by atoms with van der Waals surface area (Å²) in [5.41, 5.74) is 6.32. The first-order valence-corrected chi connectivity index (χ1v) is 5.62. The van der Waals surface area contributed by atoms with Crippen molar-refractivity contribution in [3.63, 3.8) is 0 Å². The van der Waals surface area contributed by atoms with Gasteiger partial charge in [0.05, 0.1) is 12.1 Å². The van der Waals surface area contributed by atoms with E-state index in [4.69, 9.17) is 10.2 Å². The molecule has 0 aliphatic heterocycles. The molecule has 2 atom stereocenters. The van der Waals surface area contributed by atoms with E-state index in [0.717, 1.165) is 16.7 Å². The highest BCUT2D eigenvalue weighted by atomic mass is 35.5. The highest BCUT2D eigenvalue weighted by Gasteiger charge is 2.15. The van der Waals surface area contributed by atoms with Gasteiger partial charge in [-0.1, -0.05) is 18.2 Å². The molecule has 0 saturated carbocycles. The molecule has 2 aromatic rings. The van der Waals surface area contributed by atoms with Crippen LogP contribution in [-0.2, 0) is 4.79 Å². The molecule has 0 bridgehead atoms. The molecule has 2 rings (SSSR count). The SMILES string of the molecule is CC(N)C(=O)NC(C)c1cc2ccccc2o1.Cl. The van der Waals surface area contributed by atoms with Crippen molar-refractivity contribution in [1.29, 1.82) is 0 Å². The molecule has 0 radical (unpaired) electrons. The van der Waals surface area contributed by atoms with Gasteiger partial charge in [-0.3, -0.25) is 4.79 Å². The monoisotopic (exact) mass is 268 g/mol. The van der Waals surface area contributed by atoms with Crippen molar-refractivity contribution >= 4 is 29.3 Å². The zero-order valence-corrected chi connectivity index (χ0v) is 11.2. The van der Waals surface area contributed by atoms with Crippen molar-refractivity contribution in [2.24, 2.45) is 5.73 Å². The molecular formula is C13H17ClN2O2. The third-order valence-electron chi connectivity index (χ3n) is 2.64. The Hall–Kier alpha value is -1.52. The Kier molecular flexibility index (Phi) is 4.76. The van der Waals surface area contributed by atoms with Crippen LogP contribution in [0.5, 0.6) is 0 Å². The average molecular weight is 269 g/mol. The van der Waals surface area contributed by atoms with Crippen LogP contribution >= 0.6 is 12.4 Å². The minimum atomic E-state index is -0.512. The molecule has 0 saturated heterocycles. The molecule has 4 nitrogen and oxygen atoms in total. The Labute approximate surface area is 112 Å². The van der Waals surface area contributed by atoms with Crippen molar-refractivity contribution in [2.45, 2.75) is 25.9 Å². The Morgan fingerprint density at radius 3 is 2.61 bits per heavy atom. The highest BCUT2D eigenvalue weighted by Crippen LogP contribution is 2.23. The number of rotatable bonds is 3. The van der Waals surface area contributed by atoms with E-state index in [0.29, 0.717) is 0 Å². The smallest absolute Gasteiger partial charge is 0.237 e. The van der Waals surface area contributed by atoms with Gasteiger partial charge < -0.3 is 15.5 Å². The number of hydrogen-bond acceptors (Lipinski definition) is 3. The zero-order valence-electron chi connectivity index (χ0n) is 10.3. The van der Waals surface area contributed by atoms with Gasteiger partial charge in [0, 0.05) is 5.39 Å². The maximum Gasteiger partial charge on any atom is 0.237 e. The third-order valence-corrected chi connectivity index (χ3v) is 2.64. The fraction of sp³-hybridized carbons (Fsp3) is 0.308. The Balaban J connectivity index is 0.00000162. The standard InChI is InChI=1S/C13H16N2O2.ClH/c1-8(14)13(16)15-9(2)12-7-10-5-3-4-6-11(10)17-12;/h3-9H,14H2,1-2H3,(H,15,16);1H. The normalized spacial score (nSPS) is 13.7. The molecule has 2 unspecified atom stereocenters. The zero-order chi connectivity index (χ0) is 12.4. The second-order valence-electron chi connectivity index (χ2n) is 4.21. The molecular weight excluding hydrogens is 252 g/mol. The first-order valence-electron chi connectivity index (χ1n) is 5.62.